The van der Waals surface area contributed by atoms with Gasteiger partial charge in [-0.1, -0.05) is 18.6 Å². The standard InChI is InChI=1S/C15H20N2O2/c1-3-12-5-4-10-17(11-12)16-15(18)13-6-8-14(19-2)9-7-13/h5-9H,3-4,10-11H2,1-2H3,(H,16,18). The summed E-state index contributed by atoms with van der Waals surface area (Å²) in [7, 11) is 1.61. The normalized spacial score (nSPS) is 15.8. The summed E-state index contributed by atoms with van der Waals surface area (Å²) in [6.07, 6.45) is 4.29. The molecule has 1 aromatic rings. The smallest absolute Gasteiger partial charge is 0.265 e. The number of hydrazine groups is 1. The topological polar surface area (TPSA) is 41.6 Å². The third-order valence-electron chi connectivity index (χ3n) is 3.29. The van der Waals surface area contributed by atoms with E-state index in [4.69, 9.17) is 4.74 Å². The highest BCUT2D eigenvalue weighted by atomic mass is 16.5. The number of methoxy groups -OCH3 is 1. The Hall–Kier alpha value is -1.81. The number of ether oxygens (including phenoxy) is 1. The quantitative estimate of drug-likeness (QED) is 0.845. The second kappa shape index (κ2) is 6.38. The molecule has 0 saturated heterocycles. The molecule has 19 heavy (non-hydrogen) atoms. The average Bonchev–Trinajstić information content (AvgIpc) is 2.47. The Balaban J connectivity index is 1.95. The van der Waals surface area contributed by atoms with Gasteiger partial charge in [-0.15, -0.1) is 0 Å². The van der Waals surface area contributed by atoms with Crippen LogP contribution in [0.3, 0.4) is 0 Å². The maximum Gasteiger partial charge on any atom is 0.265 e. The minimum absolute atomic E-state index is 0.0694. The molecule has 1 N–H and O–H groups in total. The van der Waals surface area contributed by atoms with Gasteiger partial charge in [-0.05, 0) is 37.1 Å². The fourth-order valence-electron chi connectivity index (χ4n) is 2.12. The van der Waals surface area contributed by atoms with E-state index in [2.05, 4.69) is 18.4 Å². The molecule has 0 fully saturated rings. The molecular weight excluding hydrogens is 240 g/mol. The van der Waals surface area contributed by atoms with E-state index < -0.39 is 0 Å². The molecule has 0 atom stereocenters. The summed E-state index contributed by atoms with van der Waals surface area (Å²) < 4.78 is 5.08. The first-order valence-corrected chi connectivity index (χ1v) is 6.61. The summed E-state index contributed by atoms with van der Waals surface area (Å²) in [6.45, 7) is 3.82. The summed E-state index contributed by atoms with van der Waals surface area (Å²) in [4.78, 5) is 12.1. The van der Waals surface area contributed by atoms with Crippen molar-refractivity contribution < 1.29 is 9.53 Å². The number of rotatable bonds is 4. The van der Waals surface area contributed by atoms with E-state index in [1.165, 1.54) is 5.57 Å². The largest absolute Gasteiger partial charge is 0.497 e. The van der Waals surface area contributed by atoms with Crippen LogP contribution in [0, 0.1) is 0 Å². The third kappa shape index (κ3) is 3.58. The van der Waals surface area contributed by atoms with E-state index in [0.717, 1.165) is 31.7 Å². The van der Waals surface area contributed by atoms with Crippen LogP contribution in [0.5, 0.6) is 5.75 Å². The summed E-state index contributed by atoms with van der Waals surface area (Å²) in [5.74, 6) is 0.686. The summed E-state index contributed by atoms with van der Waals surface area (Å²) >= 11 is 0. The molecule has 0 spiro atoms. The highest BCUT2D eigenvalue weighted by Crippen LogP contribution is 2.13. The van der Waals surface area contributed by atoms with Crippen LogP contribution in [-0.4, -0.2) is 31.1 Å². The molecule has 1 aliphatic heterocycles. The molecule has 1 heterocycles. The molecule has 0 bridgehead atoms. The Labute approximate surface area is 114 Å². The summed E-state index contributed by atoms with van der Waals surface area (Å²) in [5, 5.41) is 1.98. The second-order valence-corrected chi connectivity index (χ2v) is 4.60. The highest BCUT2D eigenvalue weighted by molar-refractivity contribution is 5.93. The molecule has 1 aliphatic rings. The fourth-order valence-corrected chi connectivity index (χ4v) is 2.12. The first-order chi connectivity index (χ1) is 9.22. The van der Waals surface area contributed by atoms with Gasteiger partial charge in [0.05, 0.1) is 7.11 Å². The van der Waals surface area contributed by atoms with Gasteiger partial charge < -0.3 is 4.74 Å². The van der Waals surface area contributed by atoms with Crippen LogP contribution >= 0.6 is 0 Å². The van der Waals surface area contributed by atoms with Crippen LogP contribution < -0.4 is 10.2 Å². The van der Waals surface area contributed by atoms with E-state index in [-0.39, 0.29) is 5.91 Å². The van der Waals surface area contributed by atoms with Crippen molar-refractivity contribution in [1.29, 1.82) is 0 Å². The number of hydrogen-bond acceptors (Lipinski definition) is 3. The van der Waals surface area contributed by atoms with E-state index in [9.17, 15) is 4.79 Å². The van der Waals surface area contributed by atoms with Gasteiger partial charge in [-0.3, -0.25) is 10.2 Å². The third-order valence-corrected chi connectivity index (χ3v) is 3.29. The highest BCUT2D eigenvalue weighted by Gasteiger charge is 2.14. The Morgan fingerprint density at radius 2 is 2.11 bits per heavy atom. The van der Waals surface area contributed by atoms with Crippen molar-refractivity contribution in [2.45, 2.75) is 19.8 Å². The lowest BCUT2D eigenvalue weighted by molar-refractivity contribution is 0.0798. The molecule has 1 aromatic carbocycles. The maximum absolute atomic E-state index is 12.1. The van der Waals surface area contributed by atoms with Gasteiger partial charge in [-0.25, -0.2) is 5.01 Å². The Morgan fingerprint density at radius 1 is 1.37 bits per heavy atom. The molecule has 4 nitrogen and oxygen atoms in total. The molecule has 0 unspecified atom stereocenters. The molecule has 4 heteroatoms. The van der Waals surface area contributed by atoms with Crippen LogP contribution in [0.1, 0.15) is 30.1 Å². The van der Waals surface area contributed by atoms with E-state index in [0.29, 0.717) is 5.56 Å². The van der Waals surface area contributed by atoms with Gasteiger partial charge in [0, 0.05) is 18.7 Å². The number of benzene rings is 1. The van der Waals surface area contributed by atoms with Crippen molar-refractivity contribution in [2.24, 2.45) is 0 Å². The van der Waals surface area contributed by atoms with E-state index in [1.807, 2.05) is 5.01 Å². The Morgan fingerprint density at radius 3 is 2.74 bits per heavy atom. The van der Waals surface area contributed by atoms with Crippen LogP contribution in [0.4, 0.5) is 0 Å². The van der Waals surface area contributed by atoms with Gasteiger partial charge in [-0.2, -0.15) is 0 Å². The summed E-state index contributed by atoms with van der Waals surface area (Å²) in [6, 6.07) is 7.13. The fraction of sp³-hybridized carbons (Fsp3) is 0.400. The second-order valence-electron chi connectivity index (χ2n) is 4.60. The van der Waals surface area contributed by atoms with Gasteiger partial charge in [0.2, 0.25) is 0 Å². The molecular formula is C15H20N2O2. The Bertz CT molecular complexity index is 466. The molecule has 0 aliphatic carbocycles. The van der Waals surface area contributed by atoms with Crippen LogP contribution in [0.2, 0.25) is 0 Å². The number of nitrogens with one attached hydrogen (secondary N) is 1. The zero-order valence-corrected chi connectivity index (χ0v) is 11.5. The molecule has 0 aromatic heterocycles. The lowest BCUT2D eigenvalue weighted by Gasteiger charge is -2.27. The molecule has 0 saturated carbocycles. The number of hydrogen-bond donors (Lipinski definition) is 1. The van der Waals surface area contributed by atoms with Gasteiger partial charge >= 0.3 is 0 Å². The SMILES string of the molecule is CCC1=CCCN(NC(=O)c2ccc(OC)cc2)C1. The number of carbonyl (C=O) groups excluding carboxylic acids is 1. The Kier molecular flexibility index (Phi) is 4.58. The number of carbonyl (C=O) groups is 1. The van der Waals surface area contributed by atoms with Crippen molar-refractivity contribution in [3.63, 3.8) is 0 Å². The van der Waals surface area contributed by atoms with Crippen molar-refractivity contribution >= 4 is 5.91 Å². The predicted octanol–water partition coefficient (Wildman–Crippen LogP) is 2.38. The van der Waals surface area contributed by atoms with Crippen LogP contribution in [-0.2, 0) is 0 Å². The molecule has 0 radical (unpaired) electrons. The lowest BCUT2D eigenvalue weighted by atomic mass is 10.1. The van der Waals surface area contributed by atoms with Crippen molar-refractivity contribution in [2.75, 3.05) is 20.2 Å². The van der Waals surface area contributed by atoms with Gasteiger partial charge in [0.25, 0.3) is 5.91 Å². The zero-order chi connectivity index (χ0) is 13.7. The predicted molar refractivity (Wildman–Crippen MR) is 75.0 cm³/mol. The first kappa shape index (κ1) is 13.6. The lowest BCUT2D eigenvalue weighted by Crippen LogP contribution is -2.45. The van der Waals surface area contributed by atoms with E-state index >= 15 is 0 Å². The van der Waals surface area contributed by atoms with Crippen molar-refractivity contribution in [1.82, 2.24) is 10.4 Å². The number of amides is 1. The van der Waals surface area contributed by atoms with Gasteiger partial charge in [0.15, 0.2) is 0 Å². The molecule has 2 rings (SSSR count). The summed E-state index contributed by atoms with van der Waals surface area (Å²) in [5.41, 5.74) is 4.97. The molecule has 102 valence electrons. The van der Waals surface area contributed by atoms with Crippen LogP contribution in [0.15, 0.2) is 35.9 Å². The minimum Gasteiger partial charge on any atom is -0.497 e. The average molecular weight is 260 g/mol. The molecule has 1 amide bonds. The van der Waals surface area contributed by atoms with Crippen molar-refractivity contribution in [3.8, 4) is 5.75 Å². The minimum atomic E-state index is -0.0694. The zero-order valence-electron chi connectivity index (χ0n) is 11.5. The van der Waals surface area contributed by atoms with Crippen LogP contribution in [0.25, 0.3) is 0 Å². The van der Waals surface area contributed by atoms with Crippen molar-refractivity contribution in [3.05, 3.63) is 41.5 Å². The first-order valence-electron chi connectivity index (χ1n) is 6.61. The number of nitrogens with zero attached hydrogens (tertiary/aromatic N) is 1. The van der Waals surface area contributed by atoms with E-state index in [1.54, 1.807) is 31.4 Å². The monoisotopic (exact) mass is 260 g/mol. The maximum atomic E-state index is 12.1. The van der Waals surface area contributed by atoms with Gasteiger partial charge in [0.1, 0.15) is 5.75 Å².